The summed E-state index contributed by atoms with van der Waals surface area (Å²) >= 11 is 0. The molecule has 0 fully saturated rings. The molecular formula is C18H19N5O2. The van der Waals surface area contributed by atoms with E-state index < -0.39 is 0 Å². The van der Waals surface area contributed by atoms with Crippen molar-refractivity contribution in [2.24, 2.45) is 0 Å². The highest BCUT2D eigenvalue weighted by atomic mass is 16.3. The van der Waals surface area contributed by atoms with Crippen molar-refractivity contribution in [1.29, 1.82) is 0 Å². The van der Waals surface area contributed by atoms with E-state index in [0.717, 1.165) is 43.6 Å². The maximum atomic E-state index is 12.4. The second-order valence-corrected chi connectivity index (χ2v) is 6.09. The molecule has 0 spiro atoms. The number of fused-ring (bicyclic) bond motifs is 1. The van der Waals surface area contributed by atoms with Crippen molar-refractivity contribution in [3.05, 3.63) is 53.9 Å². The van der Waals surface area contributed by atoms with Crippen LogP contribution >= 0.6 is 0 Å². The lowest BCUT2D eigenvalue weighted by Crippen LogP contribution is -2.26. The minimum Gasteiger partial charge on any atom is -0.444 e. The number of nitrogens with one attached hydrogen (secondary N) is 1. The number of carbonyl (C=O) groups is 1. The van der Waals surface area contributed by atoms with Crippen molar-refractivity contribution in [1.82, 2.24) is 25.1 Å². The molecule has 1 aliphatic rings. The fraction of sp³-hybridized carbons (Fsp3) is 0.333. The van der Waals surface area contributed by atoms with E-state index in [1.54, 1.807) is 6.26 Å². The summed E-state index contributed by atoms with van der Waals surface area (Å²) in [4.78, 5) is 16.9. The summed E-state index contributed by atoms with van der Waals surface area (Å²) < 4.78 is 7.42. The maximum absolute atomic E-state index is 12.4. The molecule has 2 aromatic heterocycles. The Labute approximate surface area is 145 Å². The average Bonchev–Trinajstić information content (AvgIpc) is 3.22. The molecule has 1 aliphatic heterocycles. The number of aryl methyl sites for hydroxylation is 1. The number of benzene rings is 1. The monoisotopic (exact) mass is 337 g/mol. The summed E-state index contributed by atoms with van der Waals surface area (Å²) in [5, 5.41) is 11.1. The van der Waals surface area contributed by atoms with Gasteiger partial charge in [-0.15, -0.1) is 10.2 Å². The molecule has 0 unspecified atom stereocenters. The van der Waals surface area contributed by atoms with E-state index in [9.17, 15) is 4.79 Å². The zero-order valence-electron chi connectivity index (χ0n) is 13.8. The second kappa shape index (κ2) is 6.88. The molecule has 0 bridgehead atoms. The van der Waals surface area contributed by atoms with Crippen molar-refractivity contribution in [2.45, 2.75) is 38.8 Å². The highest BCUT2D eigenvalue weighted by Gasteiger charge is 2.20. The van der Waals surface area contributed by atoms with Crippen LogP contribution in [0.25, 0.3) is 11.5 Å². The molecule has 0 atom stereocenters. The van der Waals surface area contributed by atoms with Crippen LogP contribution in [0.15, 0.2) is 41.0 Å². The average molecular weight is 337 g/mol. The molecule has 0 saturated carbocycles. The Balaban J connectivity index is 1.43. The number of nitrogens with zero attached hydrogens (tertiary/aromatic N) is 4. The Bertz CT molecular complexity index is 869. The van der Waals surface area contributed by atoms with Gasteiger partial charge in [-0.05, 0) is 25.0 Å². The van der Waals surface area contributed by atoms with E-state index in [4.69, 9.17) is 4.42 Å². The van der Waals surface area contributed by atoms with Crippen molar-refractivity contribution in [3.8, 4) is 11.5 Å². The summed E-state index contributed by atoms with van der Waals surface area (Å²) in [5.41, 5.74) is 1.57. The summed E-state index contributed by atoms with van der Waals surface area (Å²) in [6.07, 6.45) is 5.75. The van der Waals surface area contributed by atoms with Gasteiger partial charge >= 0.3 is 0 Å². The number of hydrogen-bond acceptors (Lipinski definition) is 5. The van der Waals surface area contributed by atoms with Gasteiger partial charge in [-0.25, -0.2) is 4.98 Å². The SMILES string of the molecule is O=C(NCc1coc(-c2ccccc2)n1)c1nnc2n1CCCCC2. The lowest BCUT2D eigenvalue weighted by Gasteiger charge is -2.06. The van der Waals surface area contributed by atoms with Crippen LogP contribution in [0.4, 0.5) is 0 Å². The van der Waals surface area contributed by atoms with Gasteiger partial charge in [0, 0.05) is 18.5 Å². The molecule has 7 nitrogen and oxygen atoms in total. The molecule has 25 heavy (non-hydrogen) atoms. The van der Waals surface area contributed by atoms with E-state index in [-0.39, 0.29) is 12.5 Å². The molecule has 3 aromatic rings. The van der Waals surface area contributed by atoms with Gasteiger partial charge in [-0.3, -0.25) is 4.79 Å². The highest BCUT2D eigenvalue weighted by Crippen LogP contribution is 2.18. The van der Waals surface area contributed by atoms with Gasteiger partial charge in [-0.1, -0.05) is 24.6 Å². The minimum atomic E-state index is -0.232. The van der Waals surface area contributed by atoms with Gasteiger partial charge in [0.1, 0.15) is 12.1 Å². The molecule has 0 saturated heterocycles. The molecule has 1 N–H and O–H groups in total. The number of oxazole rings is 1. The predicted molar refractivity (Wildman–Crippen MR) is 90.7 cm³/mol. The Morgan fingerprint density at radius 1 is 1.16 bits per heavy atom. The fourth-order valence-electron chi connectivity index (χ4n) is 3.00. The number of amides is 1. The topological polar surface area (TPSA) is 85.8 Å². The van der Waals surface area contributed by atoms with Crippen LogP contribution in [0.1, 0.15) is 41.4 Å². The van der Waals surface area contributed by atoms with Crippen LogP contribution in [0.2, 0.25) is 0 Å². The van der Waals surface area contributed by atoms with Gasteiger partial charge in [0.2, 0.25) is 11.7 Å². The second-order valence-electron chi connectivity index (χ2n) is 6.09. The van der Waals surface area contributed by atoms with Crippen LogP contribution in [-0.4, -0.2) is 25.7 Å². The molecule has 1 aromatic carbocycles. The first-order valence-corrected chi connectivity index (χ1v) is 8.51. The lowest BCUT2D eigenvalue weighted by atomic mass is 10.2. The number of rotatable bonds is 4. The van der Waals surface area contributed by atoms with Gasteiger partial charge in [-0.2, -0.15) is 0 Å². The van der Waals surface area contributed by atoms with Gasteiger partial charge in [0.25, 0.3) is 5.91 Å². The largest absolute Gasteiger partial charge is 0.444 e. The summed E-state index contributed by atoms with van der Waals surface area (Å²) in [7, 11) is 0. The van der Waals surface area contributed by atoms with Gasteiger partial charge in [0.15, 0.2) is 0 Å². The van der Waals surface area contributed by atoms with Crippen LogP contribution in [0.3, 0.4) is 0 Å². The third kappa shape index (κ3) is 3.31. The van der Waals surface area contributed by atoms with Crippen LogP contribution in [0.5, 0.6) is 0 Å². The third-order valence-electron chi connectivity index (χ3n) is 4.32. The summed E-state index contributed by atoms with van der Waals surface area (Å²) in [5.74, 6) is 1.59. The van der Waals surface area contributed by atoms with E-state index in [0.29, 0.717) is 17.4 Å². The fourth-order valence-corrected chi connectivity index (χ4v) is 3.00. The first kappa shape index (κ1) is 15.6. The molecule has 7 heteroatoms. The number of hydrogen-bond donors (Lipinski definition) is 1. The normalized spacial score (nSPS) is 13.9. The lowest BCUT2D eigenvalue weighted by molar-refractivity contribution is 0.0935. The molecule has 4 rings (SSSR count). The summed E-state index contributed by atoms with van der Waals surface area (Å²) in [6.45, 7) is 1.09. The predicted octanol–water partition coefficient (Wildman–Crippen LogP) is 2.59. The molecule has 0 aliphatic carbocycles. The van der Waals surface area contributed by atoms with E-state index in [1.807, 2.05) is 34.9 Å². The smallest absolute Gasteiger partial charge is 0.289 e. The van der Waals surface area contributed by atoms with E-state index >= 15 is 0 Å². The Morgan fingerprint density at radius 3 is 2.92 bits per heavy atom. The Morgan fingerprint density at radius 2 is 2.04 bits per heavy atom. The zero-order valence-corrected chi connectivity index (χ0v) is 13.8. The first-order valence-electron chi connectivity index (χ1n) is 8.51. The van der Waals surface area contributed by atoms with E-state index in [1.165, 1.54) is 0 Å². The molecule has 128 valence electrons. The molecule has 3 heterocycles. The van der Waals surface area contributed by atoms with Gasteiger partial charge in [0.05, 0.1) is 12.2 Å². The molecule has 1 amide bonds. The van der Waals surface area contributed by atoms with Gasteiger partial charge < -0.3 is 14.3 Å². The maximum Gasteiger partial charge on any atom is 0.289 e. The molecular weight excluding hydrogens is 318 g/mol. The van der Waals surface area contributed by atoms with Crippen molar-refractivity contribution < 1.29 is 9.21 Å². The van der Waals surface area contributed by atoms with Crippen molar-refractivity contribution in [2.75, 3.05) is 0 Å². The number of aromatic nitrogens is 4. The Kier molecular flexibility index (Phi) is 4.28. The summed E-state index contributed by atoms with van der Waals surface area (Å²) in [6, 6.07) is 9.66. The first-order chi connectivity index (χ1) is 12.3. The Hall–Kier alpha value is -2.96. The molecule has 0 radical (unpaired) electrons. The zero-order chi connectivity index (χ0) is 17.1. The third-order valence-corrected chi connectivity index (χ3v) is 4.32. The minimum absolute atomic E-state index is 0.232. The highest BCUT2D eigenvalue weighted by molar-refractivity contribution is 5.90. The van der Waals surface area contributed by atoms with Crippen LogP contribution in [-0.2, 0) is 19.5 Å². The van der Waals surface area contributed by atoms with E-state index in [2.05, 4.69) is 20.5 Å². The van der Waals surface area contributed by atoms with Crippen LogP contribution in [0, 0.1) is 0 Å². The number of carbonyl (C=O) groups excluding carboxylic acids is 1. The van der Waals surface area contributed by atoms with Crippen molar-refractivity contribution >= 4 is 5.91 Å². The van der Waals surface area contributed by atoms with Crippen molar-refractivity contribution in [3.63, 3.8) is 0 Å². The quantitative estimate of drug-likeness (QED) is 0.791. The van der Waals surface area contributed by atoms with Crippen LogP contribution < -0.4 is 5.32 Å². The standard InChI is InChI=1S/C18H19N5O2/c24-17(16-22-21-15-9-5-2-6-10-23(15)16)19-11-14-12-25-18(20-14)13-7-3-1-4-8-13/h1,3-4,7-8,12H,2,5-6,9-11H2,(H,19,24).